The van der Waals surface area contributed by atoms with Crippen molar-refractivity contribution in [3.05, 3.63) is 71.3 Å². The molecule has 0 amide bonds. The molecular formula is C19H20N2O. The molecule has 3 nitrogen and oxygen atoms in total. The fourth-order valence-corrected chi connectivity index (χ4v) is 2.85. The van der Waals surface area contributed by atoms with E-state index in [4.69, 9.17) is 5.26 Å². The number of hydrogen-bond acceptors (Lipinski definition) is 3. The summed E-state index contributed by atoms with van der Waals surface area (Å²) in [4.78, 5) is 0. The first kappa shape index (κ1) is 14.8. The fraction of sp³-hybridized carbons (Fsp3) is 0.316. The van der Waals surface area contributed by atoms with Gasteiger partial charge in [-0.1, -0.05) is 42.5 Å². The summed E-state index contributed by atoms with van der Waals surface area (Å²) in [6, 6.07) is 19.6. The molecule has 0 spiro atoms. The summed E-state index contributed by atoms with van der Waals surface area (Å²) < 4.78 is 0. The van der Waals surface area contributed by atoms with Crippen LogP contribution < -0.4 is 5.32 Å². The standard InChI is InChI=1S/C19H20N2O/c20-12-15-6-8-16(9-7-15)13-21-14-19(10-11-19)18(22)17-4-2-1-3-5-17/h1-9,18,21-22H,10-11,13-14H2. The summed E-state index contributed by atoms with van der Waals surface area (Å²) >= 11 is 0. The zero-order valence-electron chi connectivity index (χ0n) is 12.5. The molecule has 112 valence electrons. The molecular weight excluding hydrogens is 272 g/mol. The molecule has 1 aliphatic rings. The van der Waals surface area contributed by atoms with Gasteiger partial charge in [0.15, 0.2) is 0 Å². The van der Waals surface area contributed by atoms with Crippen LogP contribution in [0.4, 0.5) is 0 Å². The van der Waals surface area contributed by atoms with Crippen LogP contribution in [0.3, 0.4) is 0 Å². The summed E-state index contributed by atoms with van der Waals surface area (Å²) in [6.45, 7) is 1.57. The average molecular weight is 292 g/mol. The number of hydrogen-bond donors (Lipinski definition) is 2. The second kappa shape index (κ2) is 6.31. The third-order valence-corrected chi connectivity index (χ3v) is 4.48. The number of rotatable bonds is 6. The molecule has 22 heavy (non-hydrogen) atoms. The Labute approximate surface area is 131 Å². The van der Waals surface area contributed by atoms with Crippen LogP contribution in [0.5, 0.6) is 0 Å². The molecule has 1 aliphatic carbocycles. The lowest BCUT2D eigenvalue weighted by atomic mass is 9.92. The molecule has 3 rings (SSSR count). The van der Waals surface area contributed by atoms with Crippen LogP contribution in [0.1, 0.15) is 35.6 Å². The van der Waals surface area contributed by atoms with Gasteiger partial charge < -0.3 is 10.4 Å². The molecule has 2 aromatic rings. The third kappa shape index (κ3) is 3.19. The van der Waals surface area contributed by atoms with Gasteiger partial charge in [-0.3, -0.25) is 0 Å². The zero-order valence-corrected chi connectivity index (χ0v) is 12.5. The van der Waals surface area contributed by atoms with Gasteiger partial charge in [-0.2, -0.15) is 5.26 Å². The molecule has 0 aromatic heterocycles. The summed E-state index contributed by atoms with van der Waals surface area (Å²) in [5.74, 6) is 0. The minimum absolute atomic E-state index is 0.0199. The predicted molar refractivity (Wildman–Crippen MR) is 85.9 cm³/mol. The Kier molecular flexibility index (Phi) is 4.24. The number of nitriles is 1. The van der Waals surface area contributed by atoms with E-state index in [1.807, 2.05) is 54.6 Å². The molecule has 0 bridgehead atoms. The fourth-order valence-electron chi connectivity index (χ4n) is 2.85. The van der Waals surface area contributed by atoms with E-state index in [9.17, 15) is 5.11 Å². The SMILES string of the molecule is N#Cc1ccc(CNCC2(C(O)c3ccccc3)CC2)cc1. The maximum Gasteiger partial charge on any atom is 0.0991 e. The van der Waals surface area contributed by atoms with Gasteiger partial charge in [0.2, 0.25) is 0 Å². The first-order valence-corrected chi connectivity index (χ1v) is 7.66. The highest BCUT2D eigenvalue weighted by Gasteiger charge is 2.48. The van der Waals surface area contributed by atoms with Crippen LogP contribution >= 0.6 is 0 Å². The zero-order chi connectivity index (χ0) is 15.4. The van der Waals surface area contributed by atoms with Crippen molar-refractivity contribution < 1.29 is 5.11 Å². The van der Waals surface area contributed by atoms with Crippen LogP contribution in [-0.2, 0) is 6.54 Å². The summed E-state index contributed by atoms with van der Waals surface area (Å²) in [7, 11) is 0. The Balaban J connectivity index is 1.55. The van der Waals surface area contributed by atoms with Crippen molar-refractivity contribution in [2.75, 3.05) is 6.54 Å². The monoisotopic (exact) mass is 292 g/mol. The molecule has 1 saturated carbocycles. The largest absolute Gasteiger partial charge is 0.388 e. The van der Waals surface area contributed by atoms with E-state index in [-0.39, 0.29) is 5.41 Å². The highest BCUT2D eigenvalue weighted by molar-refractivity contribution is 5.31. The minimum Gasteiger partial charge on any atom is -0.388 e. The molecule has 3 heteroatoms. The first-order valence-electron chi connectivity index (χ1n) is 7.66. The molecule has 1 unspecified atom stereocenters. The smallest absolute Gasteiger partial charge is 0.0991 e. The van der Waals surface area contributed by atoms with Gasteiger partial charge in [-0.05, 0) is 36.1 Å². The van der Waals surface area contributed by atoms with Crippen LogP contribution in [-0.4, -0.2) is 11.7 Å². The van der Waals surface area contributed by atoms with E-state index in [1.54, 1.807) is 0 Å². The molecule has 0 saturated heterocycles. The van der Waals surface area contributed by atoms with Gasteiger partial charge in [0.05, 0.1) is 17.7 Å². The van der Waals surface area contributed by atoms with Crippen molar-refractivity contribution in [1.29, 1.82) is 5.26 Å². The number of aliphatic hydroxyl groups excluding tert-OH is 1. The molecule has 2 N–H and O–H groups in total. The van der Waals surface area contributed by atoms with Crippen LogP contribution in [0.15, 0.2) is 54.6 Å². The van der Waals surface area contributed by atoms with Gasteiger partial charge in [0.25, 0.3) is 0 Å². The van der Waals surface area contributed by atoms with Crippen LogP contribution in [0.25, 0.3) is 0 Å². The maximum absolute atomic E-state index is 10.6. The second-order valence-electron chi connectivity index (χ2n) is 6.09. The van der Waals surface area contributed by atoms with Crippen molar-refractivity contribution in [2.45, 2.75) is 25.5 Å². The van der Waals surface area contributed by atoms with E-state index >= 15 is 0 Å². The van der Waals surface area contributed by atoms with Gasteiger partial charge in [0, 0.05) is 18.5 Å². The lowest BCUT2D eigenvalue weighted by molar-refractivity contribution is 0.0917. The van der Waals surface area contributed by atoms with Crippen molar-refractivity contribution in [3.63, 3.8) is 0 Å². The topological polar surface area (TPSA) is 56.0 Å². The Morgan fingerprint density at radius 1 is 1.09 bits per heavy atom. The van der Waals surface area contributed by atoms with Gasteiger partial charge in [0.1, 0.15) is 0 Å². The van der Waals surface area contributed by atoms with E-state index in [0.717, 1.165) is 37.1 Å². The van der Waals surface area contributed by atoms with Crippen LogP contribution in [0.2, 0.25) is 0 Å². The highest BCUT2D eigenvalue weighted by atomic mass is 16.3. The van der Waals surface area contributed by atoms with Crippen molar-refractivity contribution >= 4 is 0 Å². The summed E-state index contributed by atoms with van der Waals surface area (Å²) in [5.41, 5.74) is 2.82. The lowest BCUT2D eigenvalue weighted by Crippen LogP contribution is -2.28. The third-order valence-electron chi connectivity index (χ3n) is 4.48. The van der Waals surface area contributed by atoms with Gasteiger partial charge in [-0.25, -0.2) is 0 Å². The number of aliphatic hydroxyl groups is 1. The van der Waals surface area contributed by atoms with Gasteiger partial charge in [-0.15, -0.1) is 0 Å². The van der Waals surface area contributed by atoms with E-state index in [0.29, 0.717) is 5.56 Å². The van der Waals surface area contributed by atoms with E-state index in [1.165, 1.54) is 0 Å². The molecule has 0 aliphatic heterocycles. The summed E-state index contributed by atoms with van der Waals surface area (Å²) in [5, 5.41) is 22.8. The quantitative estimate of drug-likeness (QED) is 0.860. The Hall–Kier alpha value is -2.15. The number of nitrogens with one attached hydrogen (secondary N) is 1. The minimum atomic E-state index is -0.401. The van der Waals surface area contributed by atoms with Crippen molar-refractivity contribution in [1.82, 2.24) is 5.32 Å². The number of nitrogens with zero attached hydrogens (tertiary/aromatic N) is 1. The molecule has 1 fully saturated rings. The van der Waals surface area contributed by atoms with Crippen LogP contribution in [0, 0.1) is 16.7 Å². The second-order valence-corrected chi connectivity index (χ2v) is 6.09. The van der Waals surface area contributed by atoms with Crippen molar-refractivity contribution in [3.8, 4) is 6.07 Å². The Bertz CT molecular complexity index is 654. The van der Waals surface area contributed by atoms with E-state index in [2.05, 4.69) is 11.4 Å². The highest BCUT2D eigenvalue weighted by Crippen LogP contribution is 2.54. The number of benzene rings is 2. The molecule has 1 atom stereocenters. The van der Waals surface area contributed by atoms with Gasteiger partial charge >= 0.3 is 0 Å². The Morgan fingerprint density at radius 2 is 1.77 bits per heavy atom. The molecule has 2 aromatic carbocycles. The Morgan fingerprint density at radius 3 is 2.36 bits per heavy atom. The summed E-state index contributed by atoms with van der Waals surface area (Å²) in [6.07, 6.45) is 1.72. The maximum atomic E-state index is 10.6. The molecule has 0 radical (unpaired) electrons. The predicted octanol–water partition coefficient (Wildman–Crippen LogP) is 3.16. The normalized spacial score (nSPS) is 16.7. The average Bonchev–Trinajstić information content (AvgIpc) is 3.37. The molecule has 0 heterocycles. The van der Waals surface area contributed by atoms with Crippen molar-refractivity contribution in [2.24, 2.45) is 5.41 Å². The van der Waals surface area contributed by atoms with E-state index < -0.39 is 6.10 Å². The lowest BCUT2D eigenvalue weighted by Gasteiger charge is -2.23. The first-order chi connectivity index (χ1) is 10.7.